The molecule has 0 radical (unpaired) electrons. The number of hydrogen-bond donors (Lipinski definition) is 2. The molecule has 1 atom stereocenters. The Balaban J connectivity index is 1.67. The van der Waals surface area contributed by atoms with Crippen LogP contribution < -0.4 is 10.9 Å². The van der Waals surface area contributed by atoms with Crippen LogP contribution in [-0.2, 0) is 21.4 Å². The first-order chi connectivity index (χ1) is 13.9. The number of aromatic nitrogens is 3. The molecule has 1 saturated heterocycles. The fourth-order valence-electron chi connectivity index (χ4n) is 3.58. The quantitative estimate of drug-likeness (QED) is 0.693. The van der Waals surface area contributed by atoms with E-state index >= 15 is 0 Å². The standard InChI is InChI=1S/C22H28N4O3/c1-22(2,3)19-18-11-15(12-23-13-17-14-28-9-10-29-17)21(27)24-20(18)26(25-19)16-7-5-4-6-8-16/h4-8,11,17,23H,9-10,12-14H2,1-3H3,(H,24,27)/t17-/m1/s1. The van der Waals surface area contributed by atoms with Gasteiger partial charge in [-0.15, -0.1) is 0 Å². The second kappa shape index (κ2) is 8.10. The third kappa shape index (κ3) is 4.27. The molecule has 4 rings (SSSR count). The second-order valence-corrected chi connectivity index (χ2v) is 8.43. The molecule has 154 valence electrons. The SMILES string of the molecule is CC(C)(C)c1nn(-c2ccccc2)c2[nH]c(=O)c(CNC[C@@H]3COCCO3)cc12. The zero-order chi connectivity index (χ0) is 20.4. The van der Waals surface area contributed by atoms with Crippen molar-refractivity contribution in [3.05, 3.63) is 58.0 Å². The lowest BCUT2D eigenvalue weighted by molar-refractivity contribution is -0.0864. The van der Waals surface area contributed by atoms with Crippen LogP contribution in [0, 0.1) is 0 Å². The van der Waals surface area contributed by atoms with E-state index in [4.69, 9.17) is 14.6 Å². The molecule has 0 bridgehead atoms. The molecule has 1 aromatic carbocycles. The Hall–Kier alpha value is -2.48. The Morgan fingerprint density at radius 3 is 2.72 bits per heavy atom. The third-order valence-corrected chi connectivity index (χ3v) is 5.05. The molecular weight excluding hydrogens is 368 g/mol. The highest BCUT2D eigenvalue weighted by Crippen LogP contribution is 2.29. The largest absolute Gasteiger partial charge is 0.376 e. The van der Waals surface area contributed by atoms with Crippen LogP contribution in [0.3, 0.4) is 0 Å². The normalized spacial score (nSPS) is 17.7. The van der Waals surface area contributed by atoms with Gasteiger partial charge in [-0.1, -0.05) is 39.0 Å². The van der Waals surface area contributed by atoms with Crippen molar-refractivity contribution in [2.45, 2.75) is 38.8 Å². The van der Waals surface area contributed by atoms with Crippen LogP contribution in [0.1, 0.15) is 32.0 Å². The highest BCUT2D eigenvalue weighted by atomic mass is 16.6. The number of pyridine rings is 1. The number of rotatable bonds is 5. The van der Waals surface area contributed by atoms with E-state index < -0.39 is 0 Å². The molecule has 1 fully saturated rings. The van der Waals surface area contributed by atoms with Gasteiger partial charge < -0.3 is 19.8 Å². The van der Waals surface area contributed by atoms with Crippen molar-refractivity contribution in [1.82, 2.24) is 20.1 Å². The van der Waals surface area contributed by atoms with E-state index in [1.54, 1.807) is 0 Å². The number of hydrogen-bond acceptors (Lipinski definition) is 5. The lowest BCUT2D eigenvalue weighted by Crippen LogP contribution is -2.37. The minimum atomic E-state index is -0.158. The highest BCUT2D eigenvalue weighted by molar-refractivity contribution is 5.81. The van der Waals surface area contributed by atoms with Crippen molar-refractivity contribution >= 4 is 11.0 Å². The molecule has 29 heavy (non-hydrogen) atoms. The summed E-state index contributed by atoms with van der Waals surface area (Å²) < 4.78 is 12.9. The summed E-state index contributed by atoms with van der Waals surface area (Å²) in [4.78, 5) is 15.8. The summed E-state index contributed by atoms with van der Waals surface area (Å²) in [6, 6.07) is 11.8. The molecule has 0 amide bonds. The number of fused-ring (bicyclic) bond motifs is 1. The van der Waals surface area contributed by atoms with Gasteiger partial charge in [-0.2, -0.15) is 5.10 Å². The summed E-state index contributed by atoms with van der Waals surface area (Å²) in [5.74, 6) is 0. The first-order valence-electron chi connectivity index (χ1n) is 10.0. The zero-order valence-electron chi connectivity index (χ0n) is 17.2. The molecule has 3 aromatic rings. The topological polar surface area (TPSA) is 81.2 Å². The Morgan fingerprint density at radius 1 is 1.24 bits per heavy atom. The Morgan fingerprint density at radius 2 is 2.03 bits per heavy atom. The van der Waals surface area contributed by atoms with Crippen LogP contribution in [0.4, 0.5) is 0 Å². The van der Waals surface area contributed by atoms with E-state index in [0.717, 1.165) is 22.4 Å². The molecular formula is C22H28N4O3. The van der Waals surface area contributed by atoms with E-state index in [2.05, 4.69) is 31.1 Å². The van der Waals surface area contributed by atoms with Crippen LogP contribution in [0.5, 0.6) is 0 Å². The van der Waals surface area contributed by atoms with Crippen LogP contribution in [0.2, 0.25) is 0 Å². The maximum atomic E-state index is 12.8. The van der Waals surface area contributed by atoms with Crippen molar-refractivity contribution in [2.75, 3.05) is 26.4 Å². The molecule has 2 N–H and O–H groups in total. The zero-order valence-corrected chi connectivity index (χ0v) is 17.2. The first-order valence-corrected chi connectivity index (χ1v) is 10.0. The Kier molecular flexibility index (Phi) is 5.54. The highest BCUT2D eigenvalue weighted by Gasteiger charge is 2.24. The minimum Gasteiger partial charge on any atom is -0.376 e. The monoisotopic (exact) mass is 396 g/mol. The molecule has 1 aliphatic rings. The first kappa shape index (κ1) is 19.8. The Labute approximate surface area is 170 Å². The number of H-pyrrole nitrogens is 1. The van der Waals surface area contributed by atoms with Gasteiger partial charge in [0.15, 0.2) is 0 Å². The maximum absolute atomic E-state index is 12.8. The van der Waals surface area contributed by atoms with Gasteiger partial charge in [-0.25, -0.2) is 4.68 Å². The predicted octanol–water partition coefficient (Wildman–Crippen LogP) is 2.52. The number of nitrogens with zero attached hydrogens (tertiary/aromatic N) is 2. The van der Waals surface area contributed by atoms with Crippen LogP contribution in [0.25, 0.3) is 16.7 Å². The summed E-state index contributed by atoms with van der Waals surface area (Å²) in [6.07, 6.45) is 0.0255. The summed E-state index contributed by atoms with van der Waals surface area (Å²) in [6.45, 7) is 9.35. The lowest BCUT2D eigenvalue weighted by atomic mass is 9.90. The van der Waals surface area contributed by atoms with Crippen LogP contribution >= 0.6 is 0 Å². The lowest BCUT2D eigenvalue weighted by Gasteiger charge is -2.23. The van der Waals surface area contributed by atoms with Crippen molar-refractivity contribution in [3.8, 4) is 5.69 Å². The van der Waals surface area contributed by atoms with E-state index in [-0.39, 0.29) is 17.1 Å². The second-order valence-electron chi connectivity index (χ2n) is 8.43. The van der Waals surface area contributed by atoms with Gasteiger partial charge in [-0.05, 0) is 18.2 Å². The average molecular weight is 396 g/mol. The summed E-state index contributed by atoms with van der Waals surface area (Å²) >= 11 is 0. The van der Waals surface area contributed by atoms with Gasteiger partial charge >= 0.3 is 0 Å². The molecule has 1 aliphatic heterocycles. The molecule has 2 aromatic heterocycles. The molecule has 0 unspecified atom stereocenters. The van der Waals surface area contributed by atoms with Gasteiger partial charge in [0.05, 0.1) is 37.3 Å². The third-order valence-electron chi connectivity index (χ3n) is 5.05. The van der Waals surface area contributed by atoms with Gasteiger partial charge in [0.2, 0.25) is 0 Å². The minimum absolute atomic E-state index is 0.0255. The molecule has 0 saturated carbocycles. The van der Waals surface area contributed by atoms with E-state index in [1.807, 2.05) is 41.1 Å². The molecule has 0 aliphatic carbocycles. The van der Waals surface area contributed by atoms with Crippen molar-refractivity contribution in [3.63, 3.8) is 0 Å². The Bertz CT molecular complexity index is 1030. The molecule has 7 nitrogen and oxygen atoms in total. The number of benzene rings is 1. The number of ether oxygens (including phenoxy) is 2. The fourth-order valence-corrected chi connectivity index (χ4v) is 3.58. The van der Waals surface area contributed by atoms with E-state index in [9.17, 15) is 4.79 Å². The number of nitrogens with one attached hydrogen (secondary N) is 2. The van der Waals surface area contributed by atoms with Gasteiger partial charge in [0.25, 0.3) is 5.56 Å². The number of para-hydroxylation sites is 1. The van der Waals surface area contributed by atoms with Gasteiger partial charge in [-0.3, -0.25) is 4.79 Å². The van der Waals surface area contributed by atoms with Crippen molar-refractivity contribution < 1.29 is 9.47 Å². The smallest absolute Gasteiger partial charge is 0.254 e. The van der Waals surface area contributed by atoms with Gasteiger partial charge in [0.1, 0.15) is 5.65 Å². The van der Waals surface area contributed by atoms with Crippen LogP contribution in [-0.4, -0.2) is 47.2 Å². The average Bonchev–Trinajstić information content (AvgIpc) is 3.08. The van der Waals surface area contributed by atoms with E-state index in [0.29, 0.717) is 38.5 Å². The molecule has 3 heterocycles. The van der Waals surface area contributed by atoms with Gasteiger partial charge in [0, 0.05) is 29.5 Å². The van der Waals surface area contributed by atoms with E-state index in [1.165, 1.54) is 0 Å². The maximum Gasteiger partial charge on any atom is 0.254 e. The van der Waals surface area contributed by atoms with Crippen LogP contribution in [0.15, 0.2) is 41.2 Å². The molecule has 0 spiro atoms. The summed E-state index contributed by atoms with van der Waals surface area (Å²) in [7, 11) is 0. The predicted molar refractivity (Wildman–Crippen MR) is 113 cm³/mol. The fraction of sp³-hybridized carbons (Fsp3) is 0.455. The number of aromatic amines is 1. The van der Waals surface area contributed by atoms with Crippen molar-refractivity contribution in [1.29, 1.82) is 0 Å². The molecule has 7 heteroatoms. The summed E-state index contributed by atoms with van der Waals surface area (Å²) in [5.41, 5.74) is 3.02. The summed E-state index contributed by atoms with van der Waals surface area (Å²) in [5, 5.41) is 9.15. The van der Waals surface area contributed by atoms with Crippen molar-refractivity contribution in [2.24, 2.45) is 0 Å².